The Balaban J connectivity index is 2.45. The van der Waals surface area contributed by atoms with E-state index in [9.17, 15) is 4.39 Å². The van der Waals surface area contributed by atoms with Crippen molar-refractivity contribution in [2.24, 2.45) is 0 Å². The zero-order valence-electron chi connectivity index (χ0n) is 12.2. The zero-order valence-corrected chi connectivity index (χ0v) is 12.2. The van der Waals surface area contributed by atoms with Crippen LogP contribution in [0.25, 0.3) is 0 Å². The van der Waals surface area contributed by atoms with E-state index in [1.165, 1.54) is 6.07 Å². The van der Waals surface area contributed by atoms with Gasteiger partial charge in [-0.15, -0.1) is 0 Å². The Hall–Kier alpha value is -2.17. The highest BCUT2D eigenvalue weighted by Gasteiger charge is 2.11. The zero-order chi connectivity index (χ0) is 14.7. The van der Waals surface area contributed by atoms with E-state index < -0.39 is 0 Å². The summed E-state index contributed by atoms with van der Waals surface area (Å²) in [5.74, 6) is 2.01. The third kappa shape index (κ3) is 2.71. The lowest BCUT2D eigenvalue weighted by molar-refractivity contribution is 0.619. The number of halogens is 1. The molecule has 0 aliphatic heterocycles. The van der Waals surface area contributed by atoms with Crippen molar-refractivity contribution in [3.63, 3.8) is 0 Å². The fourth-order valence-electron chi connectivity index (χ4n) is 1.96. The summed E-state index contributed by atoms with van der Waals surface area (Å²) in [4.78, 5) is 8.90. The fourth-order valence-corrected chi connectivity index (χ4v) is 1.96. The molecule has 0 fully saturated rings. The highest BCUT2D eigenvalue weighted by Crippen LogP contribution is 2.26. The molecule has 0 amide bonds. The van der Waals surface area contributed by atoms with E-state index in [1.54, 1.807) is 13.0 Å². The monoisotopic (exact) mass is 274 g/mol. The lowest BCUT2D eigenvalue weighted by Gasteiger charge is -2.15. The van der Waals surface area contributed by atoms with Gasteiger partial charge in [0, 0.05) is 30.3 Å². The van der Waals surface area contributed by atoms with Gasteiger partial charge in [0.25, 0.3) is 0 Å². The summed E-state index contributed by atoms with van der Waals surface area (Å²) in [5, 5.41) is 6.26. The minimum atomic E-state index is -0.230. The van der Waals surface area contributed by atoms with Crippen molar-refractivity contribution < 1.29 is 4.39 Å². The summed E-state index contributed by atoms with van der Waals surface area (Å²) >= 11 is 0. The Labute approximate surface area is 118 Å². The van der Waals surface area contributed by atoms with Crippen LogP contribution in [0.4, 0.5) is 21.7 Å². The van der Waals surface area contributed by atoms with Crippen LogP contribution in [0.15, 0.2) is 18.2 Å². The van der Waals surface area contributed by atoms with E-state index in [0.717, 1.165) is 29.3 Å². The Bertz CT molecular complexity index is 626. The number of nitrogens with one attached hydrogen (secondary N) is 2. The maximum absolute atomic E-state index is 13.6. The van der Waals surface area contributed by atoms with Gasteiger partial charge in [-0.05, 0) is 26.0 Å². The minimum absolute atomic E-state index is 0.230. The lowest BCUT2D eigenvalue weighted by Crippen LogP contribution is -2.07. The number of hydrogen-bond donors (Lipinski definition) is 2. The molecule has 0 atom stereocenters. The summed E-state index contributed by atoms with van der Waals surface area (Å²) in [6.45, 7) is 5.68. The average molecular weight is 274 g/mol. The largest absolute Gasteiger partial charge is 0.373 e. The fraction of sp³-hybridized carbons (Fsp3) is 0.333. The minimum Gasteiger partial charge on any atom is -0.373 e. The topological polar surface area (TPSA) is 49.8 Å². The van der Waals surface area contributed by atoms with Crippen molar-refractivity contribution in [3.8, 4) is 0 Å². The van der Waals surface area contributed by atoms with E-state index in [1.807, 2.05) is 27.0 Å². The van der Waals surface area contributed by atoms with Crippen LogP contribution in [0.2, 0.25) is 0 Å². The van der Waals surface area contributed by atoms with Crippen molar-refractivity contribution in [1.29, 1.82) is 0 Å². The maximum Gasteiger partial charge on any atom is 0.139 e. The van der Waals surface area contributed by atoms with Gasteiger partial charge in [0.15, 0.2) is 0 Å². The van der Waals surface area contributed by atoms with E-state index in [4.69, 9.17) is 0 Å². The van der Waals surface area contributed by atoms with Crippen LogP contribution in [0.3, 0.4) is 0 Å². The molecule has 0 saturated heterocycles. The smallest absolute Gasteiger partial charge is 0.139 e. The predicted octanol–water partition coefficient (Wildman–Crippen LogP) is 3.58. The second kappa shape index (κ2) is 5.86. The molecule has 2 aromatic rings. The number of aromatic nitrogens is 2. The van der Waals surface area contributed by atoms with Crippen LogP contribution in [0, 0.1) is 19.7 Å². The molecule has 0 aliphatic rings. The van der Waals surface area contributed by atoms with Crippen molar-refractivity contribution in [3.05, 3.63) is 41.0 Å². The van der Waals surface area contributed by atoms with Crippen molar-refractivity contribution in [2.45, 2.75) is 27.2 Å². The van der Waals surface area contributed by atoms with Gasteiger partial charge in [0.05, 0.1) is 0 Å². The Morgan fingerprint density at radius 3 is 2.45 bits per heavy atom. The van der Waals surface area contributed by atoms with Crippen molar-refractivity contribution >= 4 is 17.3 Å². The second-order valence-electron chi connectivity index (χ2n) is 4.60. The number of nitrogens with zero attached hydrogens (tertiary/aromatic N) is 2. The molecule has 20 heavy (non-hydrogen) atoms. The number of aryl methyl sites for hydroxylation is 1. The molecule has 1 heterocycles. The normalized spacial score (nSPS) is 10.4. The van der Waals surface area contributed by atoms with Crippen LogP contribution in [-0.2, 0) is 6.42 Å². The Kier molecular flexibility index (Phi) is 4.17. The Morgan fingerprint density at radius 1 is 1.10 bits per heavy atom. The number of anilines is 3. The highest BCUT2D eigenvalue weighted by atomic mass is 19.1. The lowest BCUT2D eigenvalue weighted by atomic mass is 10.2. The van der Waals surface area contributed by atoms with Crippen LogP contribution in [0.1, 0.15) is 23.9 Å². The molecule has 1 aromatic heterocycles. The van der Waals surface area contributed by atoms with E-state index in [-0.39, 0.29) is 5.82 Å². The Morgan fingerprint density at radius 2 is 1.80 bits per heavy atom. The third-order valence-electron chi connectivity index (χ3n) is 3.27. The van der Waals surface area contributed by atoms with Gasteiger partial charge in [-0.2, -0.15) is 0 Å². The number of rotatable bonds is 4. The molecule has 0 radical (unpaired) electrons. The molecule has 0 bridgehead atoms. The number of benzene rings is 1. The second-order valence-corrected chi connectivity index (χ2v) is 4.60. The van der Waals surface area contributed by atoms with Crippen LogP contribution < -0.4 is 10.6 Å². The van der Waals surface area contributed by atoms with Gasteiger partial charge in [-0.25, -0.2) is 14.4 Å². The van der Waals surface area contributed by atoms with Gasteiger partial charge in [-0.1, -0.05) is 13.0 Å². The summed E-state index contributed by atoms with van der Waals surface area (Å²) in [6, 6.07) is 4.97. The predicted molar refractivity (Wildman–Crippen MR) is 80.1 cm³/mol. The SMILES string of the molecule is CCc1nc(NC)c(C)c(Nc2cccc(F)c2C)n1. The quantitative estimate of drug-likeness (QED) is 0.894. The molecule has 2 N–H and O–H groups in total. The first-order valence-corrected chi connectivity index (χ1v) is 6.64. The summed E-state index contributed by atoms with van der Waals surface area (Å²) in [6.07, 6.45) is 0.742. The molecule has 106 valence electrons. The first-order chi connectivity index (χ1) is 9.56. The van der Waals surface area contributed by atoms with Gasteiger partial charge in [-0.3, -0.25) is 0 Å². The van der Waals surface area contributed by atoms with Gasteiger partial charge >= 0.3 is 0 Å². The third-order valence-corrected chi connectivity index (χ3v) is 3.27. The molecule has 1 aromatic carbocycles. The van der Waals surface area contributed by atoms with E-state index in [2.05, 4.69) is 20.6 Å². The molecule has 2 rings (SSSR count). The first kappa shape index (κ1) is 14.2. The standard InChI is InChI=1S/C15H19FN4/c1-5-13-19-14(17-4)10(3)15(20-13)18-12-8-6-7-11(16)9(12)2/h6-8H,5H2,1-4H3,(H2,17,18,19,20). The van der Waals surface area contributed by atoms with E-state index >= 15 is 0 Å². The van der Waals surface area contributed by atoms with Crippen molar-refractivity contribution in [1.82, 2.24) is 9.97 Å². The maximum atomic E-state index is 13.6. The molecular weight excluding hydrogens is 255 g/mol. The average Bonchev–Trinajstić information content (AvgIpc) is 2.45. The summed E-state index contributed by atoms with van der Waals surface area (Å²) in [7, 11) is 1.83. The molecule has 0 saturated carbocycles. The van der Waals surface area contributed by atoms with Gasteiger partial charge in [0.1, 0.15) is 23.3 Å². The highest BCUT2D eigenvalue weighted by molar-refractivity contribution is 5.66. The van der Waals surface area contributed by atoms with Crippen LogP contribution >= 0.6 is 0 Å². The summed E-state index contributed by atoms with van der Waals surface area (Å²) < 4.78 is 13.6. The summed E-state index contributed by atoms with van der Waals surface area (Å²) in [5.41, 5.74) is 2.21. The molecule has 0 unspecified atom stereocenters. The molecule has 4 nitrogen and oxygen atoms in total. The van der Waals surface area contributed by atoms with E-state index in [0.29, 0.717) is 11.4 Å². The first-order valence-electron chi connectivity index (χ1n) is 6.64. The van der Waals surface area contributed by atoms with Crippen molar-refractivity contribution in [2.75, 3.05) is 17.7 Å². The number of hydrogen-bond acceptors (Lipinski definition) is 4. The van der Waals surface area contributed by atoms with Gasteiger partial charge in [0.2, 0.25) is 0 Å². The van der Waals surface area contributed by atoms with Crippen LogP contribution in [-0.4, -0.2) is 17.0 Å². The molecule has 0 spiro atoms. The van der Waals surface area contributed by atoms with Crippen LogP contribution in [0.5, 0.6) is 0 Å². The molecule has 5 heteroatoms. The molecule has 0 aliphatic carbocycles. The molecular formula is C15H19FN4. The van der Waals surface area contributed by atoms with Gasteiger partial charge < -0.3 is 10.6 Å².